The van der Waals surface area contributed by atoms with Gasteiger partial charge in [-0.25, -0.2) is 0 Å². The summed E-state index contributed by atoms with van der Waals surface area (Å²) in [5.74, 6) is -0.398. The van der Waals surface area contributed by atoms with Gasteiger partial charge in [-0.2, -0.15) is 0 Å². The molecule has 0 aromatic heterocycles. The first-order valence-electron chi connectivity index (χ1n) is 3.43. The second-order valence-corrected chi connectivity index (χ2v) is 2.61. The minimum Gasteiger partial charge on any atom is -0.445 e. The molecule has 0 spiro atoms. The van der Waals surface area contributed by atoms with Crippen LogP contribution in [0, 0.1) is 0 Å². The third-order valence-corrected chi connectivity index (χ3v) is 1.66. The van der Waals surface area contributed by atoms with Crippen molar-refractivity contribution in [3.05, 3.63) is 11.5 Å². The van der Waals surface area contributed by atoms with Crippen molar-refractivity contribution >= 4 is 12.8 Å². The number of rotatable bonds is 1. The predicted molar refractivity (Wildman–Crippen MR) is 36.0 cm³/mol. The topological polar surface area (TPSA) is 17.1 Å². The summed E-state index contributed by atoms with van der Waals surface area (Å²) in [6.07, 6.45) is 1.35. The first-order valence-corrected chi connectivity index (χ1v) is 3.43. The normalized spacial score (nSPS) is 19.9. The summed E-state index contributed by atoms with van der Waals surface area (Å²) in [5.41, 5.74) is -0.624. The van der Waals surface area contributed by atoms with Gasteiger partial charge in [0.1, 0.15) is 0 Å². The molecule has 0 radical (unpaired) electrons. The largest absolute Gasteiger partial charge is 0.505 e. The summed E-state index contributed by atoms with van der Waals surface area (Å²) >= 11 is 0. The number of carbonyl (C=O) groups is 1. The first kappa shape index (κ1) is 8.36. The fourth-order valence-electron chi connectivity index (χ4n) is 1.08. The van der Waals surface area contributed by atoms with Crippen molar-refractivity contribution < 1.29 is 17.7 Å². The van der Waals surface area contributed by atoms with E-state index in [1.54, 1.807) is 0 Å². The summed E-state index contributed by atoms with van der Waals surface area (Å²) in [6, 6.07) is 0. The van der Waals surface area contributed by atoms with Crippen LogP contribution in [0.3, 0.4) is 0 Å². The molecule has 0 heterocycles. The van der Waals surface area contributed by atoms with Crippen LogP contribution in [0.2, 0.25) is 0 Å². The fourth-order valence-corrected chi connectivity index (χ4v) is 1.08. The number of ketones is 1. The highest BCUT2D eigenvalue weighted by atomic mass is 19.4. The van der Waals surface area contributed by atoms with Crippen molar-refractivity contribution in [3.8, 4) is 0 Å². The molecule has 0 saturated heterocycles. The van der Waals surface area contributed by atoms with E-state index in [0.717, 1.165) is 6.08 Å². The molecule has 1 aliphatic rings. The van der Waals surface area contributed by atoms with Gasteiger partial charge in [0.15, 0.2) is 5.78 Å². The van der Waals surface area contributed by atoms with E-state index >= 15 is 0 Å². The lowest BCUT2D eigenvalue weighted by molar-refractivity contribution is -0.115. The number of hydrogen-bond donors (Lipinski definition) is 0. The molecule has 0 aromatic rings. The summed E-state index contributed by atoms with van der Waals surface area (Å²) in [5, 5.41) is 0. The fraction of sp³-hybridized carbons (Fsp3) is 0.500. The molecule has 1 rings (SSSR count). The molecule has 0 saturated carbocycles. The lowest BCUT2D eigenvalue weighted by atomic mass is 9.73. The van der Waals surface area contributed by atoms with Crippen molar-refractivity contribution in [2.45, 2.75) is 19.3 Å². The summed E-state index contributed by atoms with van der Waals surface area (Å²) in [6.45, 7) is -4.92. The molecule has 0 amide bonds. The van der Waals surface area contributed by atoms with Crippen LogP contribution in [-0.2, 0) is 4.79 Å². The van der Waals surface area contributed by atoms with E-state index in [4.69, 9.17) is 0 Å². The molecule has 1 nitrogen and oxygen atoms in total. The molecule has 11 heavy (non-hydrogen) atoms. The van der Waals surface area contributed by atoms with Gasteiger partial charge in [0.05, 0.1) is 0 Å². The maximum atomic E-state index is 12.0. The summed E-state index contributed by atoms with van der Waals surface area (Å²) < 4.78 is 35.9. The average Bonchev–Trinajstić information content (AvgIpc) is 1.86. The van der Waals surface area contributed by atoms with E-state index < -0.39 is 18.2 Å². The Morgan fingerprint density at radius 2 is 1.91 bits per heavy atom. The maximum absolute atomic E-state index is 12.0. The van der Waals surface area contributed by atoms with Crippen molar-refractivity contribution in [3.63, 3.8) is 0 Å². The van der Waals surface area contributed by atoms with Gasteiger partial charge in [-0.15, -0.1) is 5.47 Å². The standard InChI is InChI=1S/C6H7BF3O/c8-7(9,10)5-2-1-3-6(11)4-5/h4H,1-3H2/q-1. The number of carbonyl (C=O) groups excluding carboxylic acids is 1. The van der Waals surface area contributed by atoms with Gasteiger partial charge < -0.3 is 12.9 Å². The molecule has 0 unspecified atom stereocenters. The molecule has 0 fully saturated rings. The van der Waals surface area contributed by atoms with Crippen LogP contribution in [-0.4, -0.2) is 12.8 Å². The molecule has 0 bridgehead atoms. The van der Waals surface area contributed by atoms with E-state index in [2.05, 4.69) is 0 Å². The molecule has 0 aliphatic heterocycles. The zero-order valence-corrected chi connectivity index (χ0v) is 5.82. The van der Waals surface area contributed by atoms with Crippen LogP contribution < -0.4 is 0 Å². The van der Waals surface area contributed by atoms with Crippen LogP contribution in [0.25, 0.3) is 0 Å². The Hall–Kier alpha value is -0.735. The van der Waals surface area contributed by atoms with Crippen LogP contribution in [0.15, 0.2) is 11.5 Å². The molecule has 62 valence electrons. The van der Waals surface area contributed by atoms with Crippen LogP contribution in [0.4, 0.5) is 12.9 Å². The maximum Gasteiger partial charge on any atom is 0.505 e. The lowest BCUT2D eigenvalue weighted by Crippen LogP contribution is -2.23. The van der Waals surface area contributed by atoms with Crippen molar-refractivity contribution in [1.82, 2.24) is 0 Å². The number of halogens is 3. The molecule has 5 heteroatoms. The van der Waals surface area contributed by atoms with E-state index in [-0.39, 0.29) is 12.8 Å². The highest BCUT2D eigenvalue weighted by Gasteiger charge is 2.29. The smallest absolute Gasteiger partial charge is 0.445 e. The van der Waals surface area contributed by atoms with Gasteiger partial charge in [-0.05, 0) is 12.5 Å². The Kier molecular flexibility index (Phi) is 2.06. The third kappa shape index (κ3) is 2.10. The number of hydrogen-bond acceptors (Lipinski definition) is 1. The van der Waals surface area contributed by atoms with Crippen molar-refractivity contribution in [2.75, 3.05) is 0 Å². The second kappa shape index (κ2) is 2.72. The van der Waals surface area contributed by atoms with E-state index in [9.17, 15) is 17.7 Å². The Morgan fingerprint density at radius 3 is 2.27 bits per heavy atom. The van der Waals surface area contributed by atoms with E-state index in [0.29, 0.717) is 6.42 Å². The van der Waals surface area contributed by atoms with Gasteiger partial charge in [-0.1, -0.05) is 6.42 Å². The Labute approximate surface area is 62.3 Å². The van der Waals surface area contributed by atoms with Gasteiger partial charge in [0.2, 0.25) is 0 Å². The van der Waals surface area contributed by atoms with Crippen molar-refractivity contribution in [2.24, 2.45) is 0 Å². The Balaban J connectivity index is 2.79. The van der Waals surface area contributed by atoms with Gasteiger partial charge in [-0.3, -0.25) is 4.79 Å². The monoisotopic (exact) mass is 163 g/mol. The first-order chi connectivity index (χ1) is 5.00. The minimum absolute atomic E-state index is 0.00917. The minimum atomic E-state index is -4.92. The summed E-state index contributed by atoms with van der Waals surface area (Å²) in [4.78, 5) is 10.6. The summed E-state index contributed by atoms with van der Waals surface area (Å²) in [7, 11) is 0. The van der Waals surface area contributed by atoms with Crippen LogP contribution >= 0.6 is 0 Å². The molecule has 0 N–H and O–H groups in total. The molecule has 0 aromatic carbocycles. The highest BCUT2D eigenvalue weighted by molar-refractivity contribution is 6.67. The predicted octanol–water partition coefficient (Wildman–Crippen LogP) is 2.05. The lowest BCUT2D eigenvalue weighted by Gasteiger charge is -2.21. The van der Waals surface area contributed by atoms with Crippen molar-refractivity contribution in [1.29, 1.82) is 0 Å². The third-order valence-electron chi connectivity index (χ3n) is 1.66. The second-order valence-electron chi connectivity index (χ2n) is 2.61. The molecular weight excluding hydrogens is 156 g/mol. The molecule has 1 aliphatic carbocycles. The zero-order chi connectivity index (χ0) is 8.48. The SMILES string of the molecule is O=C1C=C([B-](F)(F)F)CCC1. The molecular formula is C6H7BF3O-. The quantitative estimate of drug-likeness (QED) is 0.540. The Morgan fingerprint density at radius 1 is 1.27 bits per heavy atom. The average molecular weight is 163 g/mol. The van der Waals surface area contributed by atoms with E-state index in [1.165, 1.54) is 0 Å². The van der Waals surface area contributed by atoms with Gasteiger partial charge in [0.25, 0.3) is 0 Å². The Bertz CT molecular complexity index is 206. The van der Waals surface area contributed by atoms with E-state index in [1.807, 2.05) is 0 Å². The molecule has 0 atom stereocenters. The van der Waals surface area contributed by atoms with Crippen LogP contribution in [0.1, 0.15) is 19.3 Å². The zero-order valence-electron chi connectivity index (χ0n) is 5.82. The highest BCUT2D eigenvalue weighted by Crippen LogP contribution is 2.27. The van der Waals surface area contributed by atoms with Gasteiger partial charge >= 0.3 is 6.98 Å². The van der Waals surface area contributed by atoms with Crippen LogP contribution in [0.5, 0.6) is 0 Å². The van der Waals surface area contributed by atoms with Gasteiger partial charge in [0, 0.05) is 6.42 Å². The number of allylic oxidation sites excluding steroid dienone is 2.